The minimum atomic E-state index is -4.73. The number of rotatable bonds is 3. The monoisotopic (exact) mass is 260 g/mol. The fraction of sp³-hybridized carbons (Fsp3) is 1.00. The van der Waals surface area contributed by atoms with Crippen molar-refractivity contribution in [3.05, 3.63) is 0 Å². The maximum absolute atomic E-state index is 10.4. The molecule has 1 rings (SSSR count). The number of aliphatic hydroxyl groups is 4. The van der Waals surface area contributed by atoms with E-state index in [4.69, 9.17) is 20.0 Å². The molecular weight excluding hydrogens is 247 g/mol. The molecule has 6 N–H and O–H groups in total. The lowest BCUT2D eigenvalue weighted by Crippen LogP contribution is -2.58. The minimum absolute atomic E-state index is 0.730. The largest absolute Gasteiger partial charge is 0.469 e. The van der Waals surface area contributed by atoms with Gasteiger partial charge in [-0.1, -0.05) is 0 Å². The Balaban J connectivity index is 2.57. The molecule has 0 bridgehead atoms. The zero-order chi connectivity index (χ0) is 12.5. The van der Waals surface area contributed by atoms with Crippen LogP contribution < -0.4 is 0 Å². The third-order valence-corrected chi connectivity index (χ3v) is 2.58. The van der Waals surface area contributed by atoms with E-state index < -0.39 is 45.1 Å². The topological polar surface area (TPSA) is 157 Å². The highest BCUT2D eigenvalue weighted by Gasteiger charge is 2.43. The summed E-state index contributed by atoms with van der Waals surface area (Å²) in [6, 6.07) is 0. The Morgan fingerprint density at radius 1 is 1.06 bits per heavy atom. The Bertz CT molecular complexity index is 277. The van der Waals surface area contributed by atoms with Crippen molar-refractivity contribution in [1.82, 2.24) is 0 Å². The van der Waals surface area contributed by atoms with Gasteiger partial charge in [0.2, 0.25) is 0 Å². The van der Waals surface area contributed by atoms with Crippen LogP contribution in [0, 0.1) is 0 Å². The first-order valence-electron chi connectivity index (χ1n) is 4.30. The molecule has 1 aliphatic heterocycles. The predicted octanol–water partition coefficient (Wildman–Crippen LogP) is -3.10. The van der Waals surface area contributed by atoms with Crippen molar-refractivity contribution >= 4 is 7.82 Å². The molecule has 0 amide bonds. The summed E-state index contributed by atoms with van der Waals surface area (Å²) >= 11 is 0. The first-order chi connectivity index (χ1) is 7.22. The van der Waals surface area contributed by atoms with E-state index in [0.717, 1.165) is 0 Å². The lowest BCUT2D eigenvalue weighted by atomic mass is 10.00. The van der Waals surface area contributed by atoms with Gasteiger partial charge in [0.05, 0.1) is 6.61 Å². The Labute approximate surface area is 90.1 Å². The minimum Gasteiger partial charge on any atom is -0.387 e. The molecule has 5 atom stereocenters. The standard InChI is InChI=1S/C6H13O9P/c7-3-2(1-14-16(11,12)13)15-6(10)5(9)4(3)8/h2-10H,1H2,(H2,11,12,13)/t2-,3-,4-,5+,6?/m1/s1. The van der Waals surface area contributed by atoms with E-state index in [0.29, 0.717) is 0 Å². The maximum Gasteiger partial charge on any atom is 0.469 e. The molecule has 1 unspecified atom stereocenters. The van der Waals surface area contributed by atoms with Gasteiger partial charge in [0.25, 0.3) is 0 Å². The average Bonchev–Trinajstić information content (AvgIpc) is 2.17. The first-order valence-corrected chi connectivity index (χ1v) is 5.83. The zero-order valence-electron chi connectivity index (χ0n) is 7.95. The van der Waals surface area contributed by atoms with Crippen molar-refractivity contribution in [3.8, 4) is 0 Å². The van der Waals surface area contributed by atoms with Crippen LogP contribution in [0.1, 0.15) is 0 Å². The number of aliphatic hydroxyl groups excluding tert-OH is 4. The van der Waals surface area contributed by atoms with Gasteiger partial charge in [0, 0.05) is 0 Å². The van der Waals surface area contributed by atoms with Crippen LogP contribution in [0.3, 0.4) is 0 Å². The van der Waals surface area contributed by atoms with Gasteiger partial charge >= 0.3 is 7.82 Å². The summed E-state index contributed by atoms with van der Waals surface area (Å²) in [6.07, 6.45) is -8.11. The molecule has 10 heteroatoms. The predicted molar refractivity (Wildman–Crippen MR) is 46.9 cm³/mol. The second-order valence-electron chi connectivity index (χ2n) is 3.32. The smallest absolute Gasteiger partial charge is 0.387 e. The third kappa shape index (κ3) is 3.45. The Morgan fingerprint density at radius 2 is 1.62 bits per heavy atom. The summed E-state index contributed by atoms with van der Waals surface area (Å²) in [7, 11) is -4.73. The molecule has 0 aromatic heterocycles. The number of phosphoric ester groups is 1. The summed E-state index contributed by atoms with van der Waals surface area (Å²) in [5, 5.41) is 36.7. The number of ether oxygens (including phenoxy) is 1. The molecule has 0 radical (unpaired) electrons. The molecule has 0 aromatic carbocycles. The molecule has 16 heavy (non-hydrogen) atoms. The van der Waals surface area contributed by atoms with Crippen LogP contribution in [0.5, 0.6) is 0 Å². The SMILES string of the molecule is O=P(O)(O)OC[C@H]1OC(O)[C@@H](O)[C@H](O)[C@@H]1O. The van der Waals surface area contributed by atoms with Crippen LogP contribution in [0.2, 0.25) is 0 Å². The summed E-state index contributed by atoms with van der Waals surface area (Å²) in [5.74, 6) is 0. The van der Waals surface area contributed by atoms with Gasteiger partial charge in [0.15, 0.2) is 6.29 Å². The molecule has 1 heterocycles. The quantitative estimate of drug-likeness (QED) is 0.289. The third-order valence-electron chi connectivity index (χ3n) is 2.09. The van der Waals surface area contributed by atoms with Crippen LogP contribution in [-0.2, 0) is 13.8 Å². The Kier molecular flexibility index (Phi) is 4.41. The molecule has 1 fully saturated rings. The normalized spacial score (nSPS) is 41.0. The lowest BCUT2D eigenvalue weighted by Gasteiger charge is -2.38. The molecule has 0 saturated carbocycles. The Morgan fingerprint density at radius 3 is 2.12 bits per heavy atom. The van der Waals surface area contributed by atoms with E-state index in [9.17, 15) is 14.8 Å². The van der Waals surface area contributed by atoms with Gasteiger partial charge < -0.3 is 34.9 Å². The van der Waals surface area contributed by atoms with Gasteiger partial charge in [-0.05, 0) is 0 Å². The summed E-state index contributed by atoms with van der Waals surface area (Å²) < 4.78 is 19.0. The second-order valence-corrected chi connectivity index (χ2v) is 4.56. The summed E-state index contributed by atoms with van der Waals surface area (Å²) in [5.41, 5.74) is 0. The van der Waals surface area contributed by atoms with Crippen LogP contribution in [-0.4, -0.2) is 67.5 Å². The lowest BCUT2D eigenvalue weighted by molar-refractivity contribution is -0.285. The number of hydrogen-bond acceptors (Lipinski definition) is 7. The summed E-state index contributed by atoms with van der Waals surface area (Å²) in [4.78, 5) is 16.8. The van der Waals surface area contributed by atoms with E-state index in [1.54, 1.807) is 0 Å². The molecule has 9 nitrogen and oxygen atoms in total. The van der Waals surface area contributed by atoms with Crippen LogP contribution in [0.4, 0.5) is 0 Å². The molecule has 1 saturated heterocycles. The highest BCUT2D eigenvalue weighted by molar-refractivity contribution is 7.46. The summed E-state index contributed by atoms with van der Waals surface area (Å²) in [6.45, 7) is -0.730. The van der Waals surface area contributed by atoms with Gasteiger partial charge in [-0.3, -0.25) is 4.52 Å². The van der Waals surface area contributed by atoms with Crippen molar-refractivity contribution < 1.29 is 44.0 Å². The van der Waals surface area contributed by atoms with Crippen molar-refractivity contribution in [2.45, 2.75) is 30.7 Å². The Hall–Kier alpha value is -0.0900. The fourth-order valence-corrected chi connectivity index (χ4v) is 1.58. The van der Waals surface area contributed by atoms with E-state index in [2.05, 4.69) is 9.26 Å². The van der Waals surface area contributed by atoms with E-state index in [1.165, 1.54) is 0 Å². The fourth-order valence-electron chi connectivity index (χ4n) is 1.24. The maximum atomic E-state index is 10.4. The second kappa shape index (κ2) is 5.05. The van der Waals surface area contributed by atoms with Crippen molar-refractivity contribution in [3.63, 3.8) is 0 Å². The van der Waals surface area contributed by atoms with Gasteiger partial charge in [-0.25, -0.2) is 4.57 Å². The molecule has 1 aliphatic rings. The number of hydrogen-bond donors (Lipinski definition) is 6. The molecule has 0 aliphatic carbocycles. The van der Waals surface area contributed by atoms with Gasteiger partial charge in [-0.2, -0.15) is 0 Å². The van der Waals surface area contributed by atoms with Crippen molar-refractivity contribution in [2.75, 3.05) is 6.61 Å². The molecule has 0 aromatic rings. The van der Waals surface area contributed by atoms with Crippen molar-refractivity contribution in [2.24, 2.45) is 0 Å². The van der Waals surface area contributed by atoms with E-state index >= 15 is 0 Å². The zero-order valence-corrected chi connectivity index (χ0v) is 8.84. The number of phosphoric acid groups is 1. The van der Waals surface area contributed by atoms with Gasteiger partial charge in [0.1, 0.15) is 24.4 Å². The van der Waals surface area contributed by atoms with Crippen LogP contribution in [0.25, 0.3) is 0 Å². The van der Waals surface area contributed by atoms with Crippen molar-refractivity contribution in [1.29, 1.82) is 0 Å². The highest BCUT2D eigenvalue weighted by Crippen LogP contribution is 2.36. The first kappa shape index (κ1) is 14.0. The van der Waals surface area contributed by atoms with E-state index in [1.807, 2.05) is 0 Å². The highest BCUT2D eigenvalue weighted by atomic mass is 31.2. The molecule has 0 spiro atoms. The van der Waals surface area contributed by atoms with Gasteiger partial charge in [-0.15, -0.1) is 0 Å². The average molecular weight is 260 g/mol. The van der Waals surface area contributed by atoms with Crippen LogP contribution >= 0.6 is 7.82 Å². The molecular formula is C6H13O9P. The van der Waals surface area contributed by atoms with E-state index in [-0.39, 0.29) is 0 Å². The van der Waals surface area contributed by atoms with Crippen LogP contribution in [0.15, 0.2) is 0 Å². The molecule has 96 valence electrons.